The Morgan fingerprint density at radius 1 is 0.919 bits per heavy atom. The van der Waals surface area contributed by atoms with E-state index in [0.29, 0.717) is 28.0 Å². The first kappa shape index (κ1) is 27.8. The van der Waals surface area contributed by atoms with Crippen LogP contribution in [0.2, 0.25) is 15.1 Å². The summed E-state index contributed by atoms with van der Waals surface area (Å²) in [6.45, 7) is 1.73. The average molecular weight is 592 g/mol. The Morgan fingerprint density at radius 2 is 1.68 bits per heavy atom. The van der Waals surface area contributed by atoms with Crippen molar-refractivity contribution >= 4 is 46.6 Å². The Balaban J connectivity index is 1.74. The Morgan fingerprint density at radius 3 is 2.35 bits per heavy atom. The van der Waals surface area contributed by atoms with E-state index in [1.807, 2.05) is 0 Å². The highest BCUT2D eigenvalue weighted by Crippen LogP contribution is 2.41. The Bertz CT molecular complexity index is 1420. The van der Waals surface area contributed by atoms with E-state index < -0.39 is 28.8 Å². The summed E-state index contributed by atoms with van der Waals surface area (Å²) in [6.07, 6.45) is -3.42. The van der Waals surface area contributed by atoms with Crippen LogP contribution in [0.1, 0.15) is 34.9 Å². The maximum Gasteiger partial charge on any atom is 0.416 e. The molecule has 37 heavy (non-hydrogen) atoms. The number of H-pyrrole nitrogens is 1. The molecule has 1 aromatic heterocycles. The molecular formula is C26H18Cl3F5N2S. The van der Waals surface area contributed by atoms with Crippen molar-refractivity contribution in [3.8, 4) is 0 Å². The smallest absolute Gasteiger partial charge is 0.336 e. The molecule has 0 aliphatic rings. The molecule has 11 heteroatoms. The lowest BCUT2D eigenvalue weighted by molar-refractivity contribution is -0.138. The molecule has 1 unspecified atom stereocenters. The molecule has 3 aromatic carbocycles. The van der Waals surface area contributed by atoms with Gasteiger partial charge in [-0.3, -0.25) is 0 Å². The van der Waals surface area contributed by atoms with Crippen LogP contribution < -0.4 is 0 Å². The van der Waals surface area contributed by atoms with Crippen molar-refractivity contribution in [3.05, 3.63) is 115 Å². The van der Waals surface area contributed by atoms with Crippen LogP contribution in [-0.2, 0) is 23.8 Å². The fourth-order valence-corrected chi connectivity index (χ4v) is 5.50. The molecule has 0 aliphatic heterocycles. The van der Waals surface area contributed by atoms with E-state index in [0.717, 1.165) is 12.1 Å². The number of imidazole rings is 1. The summed E-state index contributed by atoms with van der Waals surface area (Å²) in [5.41, 5.74) is -0.929. The van der Waals surface area contributed by atoms with E-state index in [2.05, 4.69) is 9.97 Å². The van der Waals surface area contributed by atoms with E-state index in [9.17, 15) is 22.0 Å². The lowest BCUT2D eigenvalue weighted by Gasteiger charge is -2.31. The van der Waals surface area contributed by atoms with E-state index in [1.165, 1.54) is 30.1 Å². The normalized spacial score (nSPS) is 13.5. The quantitative estimate of drug-likeness (QED) is 0.171. The molecule has 0 amide bonds. The molecule has 0 saturated heterocycles. The van der Waals surface area contributed by atoms with Gasteiger partial charge in [0.25, 0.3) is 0 Å². The molecule has 4 aromatic rings. The number of aromatic amines is 1. The number of benzene rings is 3. The van der Waals surface area contributed by atoms with Crippen molar-refractivity contribution in [2.45, 2.75) is 35.8 Å². The fourth-order valence-electron chi connectivity index (χ4n) is 4.01. The minimum absolute atomic E-state index is 0.107. The molecule has 0 fully saturated rings. The minimum Gasteiger partial charge on any atom is -0.336 e. The molecule has 0 spiro atoms. The molecule has 4 rings (SSSR count). The SMILES string of the molecule is CC(Cc1ccc(F)cc1C(F)(F)F)(c1ccc(Cl)c(Cl)c1)c1cnc(SCc2c(F)cccc2Cl)[nH]1. The monoisotopic (exact) mass is 590 g/mol. The topological polar surface area (TPSA) is 28.7 Å². The number of alkyl halides is 3. The van der Waals surface area contributed by atoms with E-state index in [-0.39, 0.29) is 32.8 Å². The molecule has 1 N–H and O–H groups in total. The summed E-state index contributed by atoms with van der Waals surface area (Å²) in [4.78, 5) is 7.49. The molecule has 0 radical (unpaired) electrons. The summed E-state index contributed by atoms with van der Waals surface area (Å²) in [6, 6.07) is 11.8. The summed E-state index contributed by atoms with van der Waals surface area (Å²) >= 11 is 19.6. The second-order valence-electron chi connectivity index (χ2n) is 8.53. The molecule has 2 nitrogen and oxygen atoms in total. The highest BCUT2D eigenvalue weighted by atomic mass is 35.5. The van der Waals surface area contributed by atoms with E-state index >= 15 is 0 Å². The average Bonchev–Trinajstić information content (AvgIpc) is 3.31. The fraction of sp³-hybridized carbons (Fsp3) is 0.192. The van der Waals surface area contributed by atoms with Crippen molar-refractivity contribution in [1.82, 2.24) is 9.97 Å². The molecular weight excluding hydrogens is 574 g/mol. The number of aromatic nitrogens is 2. The first-order valence-electron chi connectivity index (χ1n) is 10.8. The van der Waals surface area contributed by atoms with Crippen LogP contribution in [-0.4, -0.2) is 9.97 Å². The van der Waals surface area contributed by atoms with Gasteiger partial charge in [-0.05, 0) is 60.9 Å². The Kier molecular flexibility index (Phi) is 8.14. The third kappa shape index (κ3) is 6.08. The molecule has 194 valence electrons. The van der Waals surface area contributed by atoms with Crippen LogP contribution >= 0.6 is 46.6 Å². The summed E-state index contributed by atoms with van der Waals surface area (Å²) in [5, 5.41) is 1.20. The Labute approximate surface area is 229 Å². The van der Waals surface area contributed by atoms with Crippen LogP contribution in [0.4, 0.5) is 22.0 Å². The number of hydrogen-bond donors (Lipinski definition) is 1. The maximum atomic E-state index is 14.2. The van der Waals surface area contributed by atoms with Crippen LogP contribution in [0, 0.1) is 11.6 Å². The van der Waals surface area contributed by atoms with Crippen molar-refractivity contribution in [2.75, 3.05) is 0 Å². The predicted molar refractivity (Wildman–Crippen MR) is 138 cm³/mol. The highest BCUT2D eigenvalue weighted by molar-refractivity contribution is 7.98. The van der Waals surface area contributed by atoms with Gasteiger partial charge in [-0.2, -0.15) is 13.2 Å². The summed E-state index contributed by atoms with van der Waals surface area (Å²) in [5.74, 6) is -1.26. The van der Waals surface area contributed by atoms with E-state index in [4.69, 9.17) is 34.8 Å². The van der Waals surface area contributed by atoms with Gasteiger partial charge in [0.2, 0.25) is 0 Å². The van der Waals surface area contributed by atoms with Crippen molar-refractivity contribution in [3.63, 3.8) is 0 Å². The van der Waals surface area contributed by atoms with Gasteiger partial charge in [-0.25, -0.2) is 13.8 Å². The van der Waals surface area contributed by atoms with Gasteiger partial charge < -0.3 is 4.98 Å². The molecule has 0 aliphatic carbocycles. The second kappa shape index (κ2) is 10.8. The summed E-state index contributed by atoms with van der Waals surface area (Å²) in [7, 11) is 0. The number of nitrogens with one attached hydrogen (secondary N) is 1. The summed E-state index contributed by atoms with van der Waals surface area (Å²) < 4.78 is 69.3. The van der Waals surface area contributed by atoms with Gasteiger partial charge in [-0.1, -0.05) is 64.8 Å². The van der Waals surface area contributed by atoms with Gasteiger partial charge in [0.1, 0.15) is 11.6 Å². The highest BCUT2D eigenvalue weighted by Gasteiger charge is 2.38. The van der Waals surface area contributed by atoms with Crippen LogP contribution in [0.15, 0.2) is 66.0 Å². The third-order valence-corrected chi connectivity index (χ3v) is 8.05. The molecule has 0 saturated carbocycles. The number of thioether (sulfide) groups is 1. The lowest BCUT2D eigenvalue weighted by atomic mass is 9.74. The zero-order valence-corrected chi connectivity index (χ0v) is 22.2. The van der Waals surface area contributed by atoms with Crippen molar-refractivity contribution in [2.24, 2.45) is 0 Å². The first-order valence-corrected chi connectivity index (χ1v) is 12.9. The van der Waals surface area contributed by atoms with Crippen LogP contribution in [0.5, 0.6) is 0 Å². The molecule has 1 atom stereocenters. The number of rotatable bonds is 7. The standard InChI is InChI=1S/C26H18Cl3F5N2S/c1-25(15-6-8-20(28)21(29)9-15,11-14-5-7-16(30)10-18(14)26(32,33)34)23-12-35-24(36-23)37-13-17-19(27)3-2-4-22(17)31/h2-10,12H,11,13H2,1H3,(H,35,36). The predicted octanol–water partition coefficient (Wildman–Crippen LogP) is 9.51. The van der Waals surface area contributed by atoms with Gasteiger partial charge in [0, 0.05) is 27.4 Å². The number of hydrogen-bond acceptors (Lipinski definition) is 2. The van der Waals surface area contributed by atoms with Gasteiger partial charge in [0.05, 0.1) is 21.8 Å². The maximum absolute atomic E-state index is 14.2. The number of nitrogens with zero attached hydrogens (tertiary/aromatic N) is 1. The van der Waals surface area contributed by atoms with Gasteiger partial charge in [0.15, 0.2) is 5.16 Å². The third-order valence-electron chi connectivity index (χ3n) is 6.04. The van der Waals surface area contributed by atoms with Gasteiger partial charge >= 0.3 is 6.18 Å². The molecule has 0 bridgehead atoms. The molecule has 1 heterocycles. The van der Waals surface area contributed by atoms with Gasteiger partial charge in [-0.15, -0.1) is 0 Å². The largest absolute Gasteiger partial charge is 0.416 e. The van der Waals surface area contributed by atoms with Crippen LogP contribution in [0.25, 0.3) is 0 Å². The Hall–Kier alpha value is -2.26. The van der Waals surface area contributed by atoms with Crippen molar-refractivity contribution < 1.29 is 22.0 Å². The zero-order chi connectivity index (χ0) is 27.0. The van der Waals surface area contributed by atoms with E-state index in [1.54, 1.807) is 31.2 Å². The number of halogens is 8. The first-order chi connectivity index (χ1) is 17.4. The zero-order valence-electron chi connectivity index (χ0n) is 19.1. The minimum atomic E-state index is -4.76. The van der Waals surface area contributed by atoms with Crippen LogP contribution in [0.3, 0.4) is 0 Å². The lowest BCUT2D eigenvalue weighted by Crippen LogP contribution is -2.28. The van der Waals surface area contributed by atoms with Crippen molar-refractivity contribution in [1.29, 1.82) is 0 Å². The second-order valence-corrected chi connectivity index (χ2v) is 10.7.